The summed E-state index contributed by atoms with van der Waals surface area (Å²) in [6, 6.07) is 1.84. The number of aromatic nitrogens is 3. The molecule has 1 aliphatic rings. The van der Waals surface area contributed by atoms with Crippen molar-refractivity contribution >= 4 is 17.2 Å². The molecule has 2 aromatic rings. The topological polar surface area (TPSA) is 68.2 Å². The van der Waals surface area contributed by atoms with Crippen molar-refractivity contribution in [3.63, 3.8) is 0 Å². The molecule has 24 heavy (non-hydrogen) atoms. The highest BCUT2D eigenvalue weighted by atomic mass is 32.1. The average molecular weight is 346 g/mol. The standard InChI is InChI=1S/C17H22N4O2S/c1-10-8-15(20-12(3)18-10)23-14-6-5-7-21(9-14)17(22)16-11(2)19-13(4)24-16/h8,14H,5-7,9H2,1-4H3/t14-/m1/s1. The Labute approximate surface area is 145 Å². The summed E-state index contributed by atoms with van der Waals surface area (Å²) in [6.07, 6.45) is 1.81. The zero-order valence-corrected chi connectivity index (χ0v) is 15.3. The van der Waals surface area contributed by atoms with E-state index in [2.05, 4.69) is 15.0 Å². The second-order valence-electron chi connectivity index (χ2n) is 6.18. The Morgan fingerprint density at radius 3 is 2.71 bits per heavy atom. The first-order chi connectivity index (χ1) is 11.4. The fraction of sp³-hybridized carbons (Fsp3) is 0.529. The molecule has 0 radical (unpaired) electrons. The number of carbonyl (C=O) groups excluding carboxylic acids is 1. The molecule has 0 aliphatic carbocycles. The zero-order valence-electron chi connectivity index (χ0n) is 14.5. The van der Waals surface area contributed by atoms with Gasteiger partial charge >= 0.3 is 0 Å². The Kier molecular flexibility index (Phi) is 4.80. The lowest BCUT2D eigenvalue weighted by Crippen LogP contribution is -2.44. The van der Waals surface area contributed by atoms with Gasteiger partial charge in [-0.25, -0.2) is 9.97 Å². The van der Waals surface area contributed by atoms with Crippen LogP contribution in [-0.2, 0) is 0 Å². The normalized spacial score (nSPS) is 17.8. The molecule has 1 fully saturated rings. The molecule has 0 aromatic carbocycles. The number of thiazole rings is 1. The second kappa shape index (κ2) is 6.84. The molecule has 128 valence electrons. The Bertz CT molecular complexity index is 739. The van der Waals surface area contributed by atoms with Crippen molar-refractivity contribution in [2.45, 2.75) is 46.6 Å². The SMILES string of the molecule is Cc1cc(O[C@@H]2CCCN(C(=O)c3sc(C)nc3C)C2)nc(C)n1. The van der Waals surface area contributed by atoms with E-state index in [0.717, 1.165) is 40.7 Å². The van der Waals surface area contributed by atoms with Crippen LogP contribution in [0.5, 0.6) is 5.88 Å². The van der Waals surface area contributed by atoms with E-state index in [9.17, 15) is 4.79 Å². The van der Waals surface area contributed by atoms with E-state index < -0.39 is 0 Å². The highest BCUT2D eigenvalue weighted by molar-refractivity contribution is 7.13. The van der Waals surface area contributed by atoms with Crippen molar-refractivity contribution in [2.24, 2.45) is 0 Å². The van der Waals surface area contributed by atoms with Crippen LogP contribution in [0.1, 0.15) is 44.7 Å². The van der Waals surface area contributed by atoms with Gasteiger partial charge in [0, 0.05) is 18.3 Å². The van der Waals surface area contributed by atoms with Crippen molar-refractivity contribution in [3.05, 3.63) is 33.2 Å². The van der Waals surface area contributed by atoms with Crippen LogP contribution >= 0.6 is 11.3 Å². The highest BCUT2D eigenvalue weighted by Gasteiger charge is 2.28. The Morgan fingerprint density at radius 2 is 2.04 bits per heavy atom. The van der Waals surface area contributed by atoms with Crippen molar-refractivity contribution in [1.82, 2.24) is 19.9 Å². The molecule has 0 spiro atoms. The van der Waals surface area contributed by atoms with Crippen LogP contribution in [-0.4, -0.2) is 45.0 Å². The molecule has 6 nitrogen and oxygen atoms in total. The van der Waals surface area contributed by atoms with Crippen LogP contribution in [0.25, 0.3) is 0 Å². The van der Waals surface area contributed by atoms with Gasteiger partial charge in [-0.3, -0.25) is 4.79 Å². The van der Waals surface area contributed by atoms with E-state index in [-0.39, 0.29) is 12.0 Å². The lowest BCUT2D eigenvalue weighted by molar-refractivity contribution is 0.0530. The molecule has 2 aromatic heterocycles. The summed E-state index contributed by atoms with van der Waals surface area (Å²) in [7, 11) is 0. The number of hydrogen-bond acceptors (Lipinski definition) is 6. The van der Waals surface area contributed by atoms with Gasteiger partial charge in [0.05, 0.1) is 17.2 Å². The Balaban J connectivity index is 1.70. The number of carbonyl (C=O) groups is 1. The van der Waals surface area contributed by atoms with Crippen molar-refractivity contribution in [2.75, 3.05) is 13.1 Å². The van der Waals surface area contributed by atoms with E-state index in [4.69, 9.17) is 4.74 Å². The van der Waals surface area contributed by atoms with Crippen LogP contribution < -0.4 is 4.74 Å². The third-order valence-electron chi connectivity index (χ3n) is 3.99. The highest BCUT2D eigenvalue weighted by Crippen LogP contribution is 2.23. The van der Waals surface area contributed by atoms with E-state index >= 15 is 0 Å². The molecule has 3 rings (SSSR count). The third kappa shape index (κ3) is 3.72. The summed E-state index contributed by atoms with van der Waals surface area (Å²) in [5.41, 5.74) is 1.70. The molecule has 0 unspecified atom stereocenters. The quantitative estimate of drug-likeness (QED) is 0.855. The summed E-state index contributed by atoms with van der Waals surface area (Å²) < 4.78 is 6.01. The first-order valence-electron chi connectivity index (χ1n) is 8.14. The molecule has 7 heteroatoms. The number of amides is 1. The predicted molar refractivity (Wildman–Crippen MR) is 92.6 cm³/mol. The van der Waals surface area contributed by atoms with Gasteiger partial charge in [0.1, 0.15) is 16.8 Å². The summed E-state index contributed by atoms with van der Waals surface area (Å²) in [4.78, 5) is 28.3. The molecule has 0 saturated carbocycles. The molecule has 1 aliphatic heterocycles. The van der Waals surface area contributed by atoms with Gasteiger partial charge < -0.3 is 9.64 Å². The Hall–Kier alpha value is -2.02. The van der Waals surface area contributed by atoms with E-state index in [1.807, 2.05) is 38.7 Å². The van der Waals surface area contributed by atoms with Crippen LogP contribution in [0.3, 0.4) is 0 Å². The monoisotopic (exact) mass is 346 g/mol. The van der Waals surface area contributed by atoms with E-state index in [1.165, 1.54) is 11.3 Å². The lowest BCUT2D eigenvalue weighted by atomic mass is 10.1. The van der Waals surface area contributed by atoms with Crippen molar-refractivity contribution in [1.29, 1.82) is 0 Å². The number of aryl methyl sites for hydroxylation is 4. The first-order valence-corrected chi connectivity index (χ1v) is 8.96. The van der Waals surface area contributed by atoms with Crippen molar-refractivity contribution < 1.29 is 9.53 Å². The lowest BCUT2D eigenvalue weighted by Gasteiger charge is -2.32. The van der Waals surface area contributed by atoms with Crippen molar-refractivity contribution in [3.8, 4) is 5.88 Å². The fourth-order valence-electron chi connectivity index (χ4n) is 3.01. The Morgan fingerprint density at radius 1 is 1.25 bits per heavy atom. The maximum absolute atomic E-state index is 12.8. The maximum Gasteiger partial charge on any atom is 0.265 e. The van der Waals surface area contributed by atoms with Gasteiger partial charge in [-0.15, -0.1) is 11.3 Å². The second-order valence-corrected chi connectivity index (χ2v) is 7.38. The molecular weight excluding hydrogens is 324 g/mol. The fourth-order valence-corrected chi connectivity index (χ4v) is 3.89. The largest absolute Gasteiger partial charge is 0.472 e. The van der Waals surface area contributed by atoms with Crippen LogP contribution in [0, 0.1) is 27.7 Å². The summed E-state index contributed by atoms with van der Waals surface area (Å²) in [5, 5.41) is 0.924. The van der Waals surface area contributed by atoms with E-state index in [0.29, 0.717) is 18.2 Å². The minimum atomic E-state index is -0.0364. The summed E-state index contributed by atoms with van der Waals surface area (Å²) in [5.74, 6) is 1.34. The number of rotatable bonds is 3. The number of piperidine rings is 1. The van der Waals surface area contributed by atoms with Crippen LogP contribution in [0.2, 0.25) is 0 Å². The number of ether oxygens (including phenoxy) is 1. The number of likely N-dealkylation sites (tertiary alicyclic amines) is 1. The molecule has 1 amide bonds. The molecule has 0 bridgehead atoms. The first kappa shape index (κ1) is 16.8. The third-order valence-corrected chi connectivity index (χ3v) is 5.05. The van der Waals surface area contributed by atoms with E-state index in [1.54, 1.807) is 0 Å². The minimum absolute atomic E-state index is 0.0364. The minimum Gasteiger partial charge on any atom is -0.472 e. The van der Waals surface area contributed by atoms with Gasteiger partial charge in [-0.1, -0.05) is 0 Å². The number of nitrogens with zero attached hydrogens (tertiary/aromatic N) is 4. The molecule has 0 N–H and O–H groups in total. The van der Waals surface area contributed by atoms with Crippen LogP contribution in [0.15, 0.2) is 6.07 Å². The summed E-state index contributed by atoms with van der Waals surface area (Å²) >= 11 is 1.46. The summed E-state index contributed by atoms with van der Waals surface area (Å²) in [6.45, 7) is 8.93. The predicted octanol–water partition coefficient (Wildman–Crippen LogP) is 2.85. The molecule has 1 atom stereocenters. The zero-order chi connectivity index (χ0) is 17.3. The van der Waals surface area contributed by atoms with Gasteiger partial charge in [0.25, 0.3) is 5.91 Å². The number of hydrogen-bond donors (Lipinski definition) is 0. The smallest absolute Gasteiger partial charge is 0.265 e. The van der Waals surface area contributed by atoms with Gasteiger partial charge in [-0.05, 0) is 40.5 Å². The van der Waals surface area contributed by atoms with Crippen LogP contribution in [0.4, 0.5) is 0 Å². The molecular formula is C17H22N4O2S. The van der Waals surface area contributed by atoms with Gasteiger partial charge in [0.15, 0.2) is 0 Å². The van der Waals surface area contributed by atoms with Gasteiger partial charge in [0.2, 0.25) is 5.88 Å². The molecule has 3 heterocycles. The van der Waals surface area contributed by atoms with Gasteiger partial charge in [-0.2, -0.15) is 4.98 Å². The maximum atomic E-state index is 12.8. The average Bonchev–Trinajstić information content (AvgIpc) is 2.84. The molecule has 1 saturated heterocycles.